The Morgan fingerprint density at radius 3 is 1.36 bits per heavy atom. The second kappa shape index (κ2) is 15.7. The summed E-state index contributed by atoms with van der Waals surface area (Å²) in [5.74, 6) is 0. The van der Waals surface area contributed by atoms with Crippen LogP contribution in [0.3, 0.4) is 0 Å². The third-order valence-electron chi connectivity index (χ3n) is 10.4. The van der Waals surface area contributed by atoms with Crippen LogP contribution in [0.1, 0.15) is 105 Å². The van der Waals surface area contributed by atoms with Gasteiger partial charge in [-0.05, 0) is 86.4 Å². The normalized spacial score (nSPS) is 12.3. The zero-order chi connectivity index (χ0) is 41.4. The van der Waals surface area contributed by atoms with E-state index in [4.69, 9.17) is 0 Å². The second-order valence-electron chi connectivity index (χ2n) is 19.2. The molecule has 8 heteroatoms. The first kappa shape index (κ1) is 41.9. The van der Waals surface area contributed by atoms with Gasteiger partial charge in [-0.15, -0.1) is 0 Å². The summed E-state index contributed by atoms with van der Waals surface area (Å²) in [6.07, 6.45) is 7.54. The van der Waals surface area contributed by atoms with Crippen molar-refractivity contribution in [1.29, 1.82) is 0 Å². The number of hydrogen-bond acceptors (Lipinski definition) is 4. The van der Waals surface area contributed by atoms with E-state index in [1.54, 1.807) is 0 Å². The fourth-order valence-corrected chi connectivity index (χ4v) is 6.44. The van der Waals surface area contributed by atoms with Gasteiger partial charge in [0.05, 0.1) is 58.1 Å². The van der Waals surface area contributed by atoms with Crippen LogP contribution in [0.4, 0.5) is 0 Å². The van der Waals surface area contributed by atoms with Gasteiger partial charge in [0, 0.05) is 39.0 Å². The zero-order valence-corrected chi connectivity index (χ0v) is 36.8. The molecule has 0 bridgehead atoms. The molecule has 0 saturated carbocycles. The third-order valence-corrected chi connectivity index (χ3v) is 10.4. The third kappa shape index (κ3) is 9.76. The van der Waals surface area contributed by atoms with Gasteiger partial charge in [0.1, 0.15) is 0 Å². The Hall–Kier alpha value is -5.24. The van der Waals surface area contributed by atoms with Gasteiger partial charge in [-0.2, -0.15) is 10.2 Å². The summed E-state index contributed by atoms with van der Waals surface area (Å²) < 4.78 is 7.93. The van der Waals surface area contributed by atoms with E-state index >= 15 is 0 Å². The summed E-state index contributed by atoms with van der Waals surface area (Å²) in [7, 11) is 8.00. The SMILES string of the molecule is Cn1cnc2cc(C(C)(C)C)ccc21.Cn1cnc2ccc(C(C)(C)C)cc21.Cn1ncc2cc(C(C)(C)C)ccc21.Cn1ncc2ccc(C(C)(C)C)cc21. The molecule has 0 fully saturated rings. The summed E-state index contributed by atoms with van der Waals surface area (Å²) in [5.41, 5.74) is 13.2. The molecule has 296 valence electrons. The lowest BCUT2D eigenvalue weighted by Crippen LogP contribution is -2.10. The van der Waals surface area contributed by atoms with Crippen molar-refractivity contribution in [1.82, 2.24) is 38.7 Å². The fourth-order valence-electron chi connectivity index (χ4n) is 6.44. The summed E-state index contributed by atoms with van der Waals surface area (Å²) in [4.78, 5) is 8.66. The molecule has 0 aliphatic heterocycles. The number of aromatic nitrogens is 8. The van der Waals surface area contributed by atoms with Gasteiger partial charge in [0.25, 0.3) is 0 Å². The van der Waals surface area contributed by atoms with Crippen LogP contribution in [0.15, 0.2) is 97.8 Å². The Labute approximate surface area is 334 Å². The first-order chi connectivity index (χ1) is 25.9. The average molecular weight is 753 g/mol. The van der Waals surface area contributed by atoms with E-state index < -0.39 is 0 Å². The van der Waals surface area contributed by atoms with E-state index in [0.29, 0.717) is 0 Å². The molecule has 0 radical (unpaired) electrons. The van der Waals surface area contributed by atoms with Crippen LogP contribution in [-0.4, -0.2) is 38.7 Å². The summed E-state index contributed by atoms with van der Waals surface area (Å²) >= 11 is 0. The lowest BCUT2D eigenvalue weighted by atomic mass is 9.86. The topological polar surface area (TPSA) is 71.3 Å². The molecule has 4 aromatic carbocycles. The number of hydrogen-bond donors (Lipinski definition) is 0. The van der Waals surface area contributed by atoms with Crippen molar-refractivity contribution < 1.29 is 0 Å². The lowest BCUT2D eigenvalue weighted by Gasteiger charge is -2.18. The van der Waals surface area contributed by atoms with Gasteiger partial charge in [-0.25, -0.2) is 9.97 Å². The van der Waals surface area contributed by atoms with Crippen molar-refractivity contribution in [3.63, 3.8) is 0 Å². The van der Waals surface area contributed by atoms with Crippen LogP contribution in [0.5, 0.6) is 0 Å². The van der Waals surface area contributed by atoms with E-state index in [9.17, 15) is 0 Å². The van der Waals surface area contributed by atoms with Crippen LogP contribution < -0.4 is 0 Å². The highest BCUT2D eigenvalue weighted by molar-refractivity contribution is 5.80. The first-order valence-electron chi connectivity index (χ1n) is 19.6. The molecule has 0 amide bonds. The van der Waals surface area contributed by atoms with Crippen LogP contribution in [0.25, 0.3) is 43.9 Å². The van der Waals surface area contributed by atoms with Crippen molar-refractivity contribution in [2.24, 2.45) is 28.2 Å². The predicted molar refractivity (Wildman–Crippen MR) is 238 cm³/mol. The maximum Gasteiger partial charge on any atom is 0.0955 e. The molecular formula is C48H64N8. The monoisotopic (exact) mass is 753 g/mol. The Morgan fingerprint density at radius 2 is 0.786 bits per heavy atom. The minimum atomic E-state index is 0.200. The van der Waals surface area contributed by atoms with Crippen molar-refractivity contribution in [3.8, 4) is 0 Å². The molecular weight excluding hydrogens is 689 g/mol. The quantitative estimate of drug-likeness (QED) is 0.155. The molecule has 8 rings (SSSR count). The number of benzene rings is 4. The Kier molecular flexibility index (Phi) is 11.8. The van der Waals surface area contributed by atoms with Gasteiger partial charge < -0.3 is 9.13 Å². The van der Waals surface area contributed by atoms with Crippen LogP contribution in [-0.2, 0) is 49.9 Å². The van der Waals surface area contributed by atoms with Crippen LogP contribution in [0, 0.1) is 0 Å². The predicted octanol–water partition coefficient (Wildman–Crippen LogP) is 11.5. The lowest BCUT2D eigenvalue weighted by molar-refractivity contribution is 0.590. The number of fused-ring (bicyclic) bond motifs is 4. The van der Waals surface area contributed by atoms with E-state index in [-0.39, 0.29) is 21.7 Å². The minimum Gasteiger partial charge on any atom is -0.334 e. The summed E-state index contributed by atoms with van der Waals surface area (Å²) in [6, 6.07) is 26.1. The molecule has 0 unspecified atom stereocenters. The van der Waals surface area contributed by atoms with Crippen LogP contribution >= 0.6 is 0 Å². The second-order valence-corrected chi connectivity index (χ2v) is 19.2. The molecule has 0 N–H and O–H groups in total. The Morgan fingerprint density at radius 1 is 0.375 bits per heavy atom. The fraction of sp³-hybridized carbons (Fsp3) is 0.417. The van der Waals surface area contributed by atoms with Gasteiger partial charge in [-0.3, -0.25) is 9.36 Å². The summed E-state index contributed by atoms with van der Waals surface area (Å²) in [5, 5.41) is 10.9. The number of nitrogens with zero attached hydrogens (tertiary/aromatic N) is 8. The molecule has 8 aromatic rings. The van der Waals surface area contributed by atoms with Crippen molar-refractivity contribution in [3.05, 3.63) is 120 Å². The average Bonchev–Trinajstić information content (AvgIpc) is 3.89. The molecule has 0 saturated heterocycles. The van der Waals surface area contributed by atoms with Gasteiger partial charge >= 0.3 is 0 Å². The largest absolute Gasteiger partial charge is 0.334 e. The van der Waals surface area contributed by atoms with E-state index in [1.807, 2.05) is 67.2 Å². The highest BCUT2D eigenvalue weighted by atomic mass is 15.3. The molecule has 8 nitrogen and oxygen atoms in total. The maximum absolute atomic E-state index is 4.36. The van der Waals surface area contributed by atoms with Crippen molar-refractivity contribution in [2.45, 2.75) is 105 Å². The Bertz CT molecular complexity index is 2380. The number of imidazole rings is 2. The van der Waals surface area contributed by atoms with Gasteiger partial charge in [0.2, 0.25) is 0 Å². The van der Waals surface area contributed by atoms with Crippen molar-refractivity contribution >= 4 is 43.9 Å². The van der Waals surface area contributed by atoms with E-state index in [0.717, 1.165) is 11.0 Å². The standard InChI is InChI=1S/4C12H16N2/c1-12(2,3)10-5-6-11-9(7-10)8-13-14(11)4;1-12(2,3)10-6-5-9-8-13-14(4)11(9)7-10;1-12(2,3)9-5-6-11-10(7-9)13-8-14(11)4;1-12(2,3)9-5-6-10-11(7-9)14(4)8-13-10/h4*5-8H,1-4H3. The highest BCUT2D eigenvalue weighted by Gasteiger charge is 2.17. The number of rotatable bonds is 0. The van der Waals surface area contributed by atoms with Gasteiger partial charge in [0.15, 0.2) is 0 Å². The maximum atomic E-state index is 4.36. The molecule has 0 spiro atoms. The van der Waals surface area contributed by atoms with E-state index in [2.05, 4.69) is 181 Å². The van der Waals surface area contributed by atoms with E-state index in [1.165, 1.54) is 55.1 Å². The minimum absolute atomic E-state index is 0.200. The Balaban J connectivity index is 0.000000143. The van der Waals surface area contributed by atoms with Gasteiger partial charge in [-0.1, -0.05) is 113 Å². The molecule has 0 aliphatic carbocycles. The molecule has 4 heterocycles. The smallest absolute Gasteiger partial charge is 0.0955 e. The molecule has 4 aromatic heterocycles. The first-order valence-corrected chi connectivity index (χ1v) is 19.6. The highest BCUT2D eigenvalue weighted by Crippen LogP contribution is 2.28. The number of aryl methyl sites for hydroxylation is 4. The summed E-state index contributed by atoms with van der Waals surface area (Å²) in [6.45, 7) is 26.7. The van der Waals surface area contributed by atoms with Crippen molar-refractivity contribution in [2.75, 3.05) is 0 Å². The molecule has 0 atom stereocenters. The molecule has 56 heavy (non-hydrogen) atoms. The molecule has 0 aliphatic rings. The zero-order valence-electron chi connectivity index (χ0n) is 36.8. The van der Waals surface area contributed by atoms with Crippen LogP contribution in [0.2, 0.25) is 0 Å².